The predicted octanol–water partition coefficient (Wildman–Crippen LogP) is 1.58. The molecule has 1 fully saturated rings. The van der Waals surface area contributed by atoms with Crippen molar-refractivity contribution >= 4 is 11.8 Å². The van der Waals surface area contributed by atoms with Gasteiger partial charge in [0, 0.05) is 18.3 Å². The molecule has 13 heavy (non-hydrogen) atoms. The maximum atomic E-state index is 9.58. The summed E-state index contributed by atoms with van der Waals surface area (Å²) in [7, 11) is 2.17. The molecule has 0 spiro atoms. The Bertz CT molecular complexity index is 149. The van der Waals surface area contributed by atoms with Crippen LogP contribution in [0.4, 0.5) is 0 Å². The zero-order chi connectivity index (χ0) is 9.90. The van der Waals surface area contributed by atoms with Crippen LogP contribution in [0.2, 0.25) is 0 Å². The first kappa shape index (κ1) is 11.3. The van der Waals surface area contributed by atoms with Crippen molar-refractivity contribution in [2.24, 2.45) is 0 Å². The van der Waals surface area contributed by atoms with E-state index in [4.69, 9.17) is 0 Å². The van der Waals surface area contributed by atoms with Gasteiger partial charge in [0.25, 0.3) is 0 Å². The van der Waals surface area contributed by atoms with Crippen LogP contribution in [0.1, 0.15) is 26.7 Å². The monoisotopic (exact) mass is 203 g/mol. The van der Waals surface area contributed by atoms with E-state index in [1.165, 1.54) is 17.9 Å². The van der Waals surface area contributed by atoms with Gasteiger partial charge in [0.05, 0.1) is 5.60 Å². The molecule has 2 nitrogen and oxygen atoms in total. The second kappa shape index (κ2) is 4.67. The highest BCUT2D eigenvalue weighted by Gasteiger charge is 2.21. The molecule has 1 rings (SSSR count). The predicted molar refractivity (Wildman–Crippen MR) is 59.3 cm³/mol. The number of thioether (sulfide) groups is 1. The van der Waals surface area contributed by atoms with Crippen molar-refractivity contribution in [3.8, 4) is 0 Å². The minimum atomic E-state index is -0.514. The molecule has 1 atom stereocenters. The third-order valence-corrected chi connectivity index (χ3v) is 3.75. The molecule has 3 heteroatoms. The molecule has 0 bridgehead atoms. The smallest absolute Gasteiger partial charge is 0.0603 e. The van der Waals surface area contributed by atoms with Gasteiger partial charge in [0.15, 0.2) is 0 Å². The van der Waals surface area contributed by atoms with Crippen LogP contribution >= 0.6 is 11.8 Å². The van der Waals surface area contributed by atoms with Gasteiger partial charge in [-0.25, -0.2) is 0 Å². The normalized spacial score (nSPS) is 24.2. The van der Waals surface area contributed by atoms with Gasteiger partial charge in [-0.2, -0.15) is 11.8 Å². The summed E-state index contributed by atoms with van der Waals surface area (Å²) < 4.78 is 0. The Kier molecular flexibility index (Phi) is 4.07. The van der Waals surface area contributed by atoms with Gasteiger partial charge in [-0.1, -0.05) is 0 Å². The van der Waals surface area contributed by atoms with Gasteiger partial charge in [-0.3, -0.25) is 0 Å². The van der Waals surface area contributed by atoms with E-state index in [-0.39, 0.29) is 0 Å². The van der Waals surface area contributed by atoms with Crippen molar-refractivity contribution in [3.63, 3.8) is 0 Å². The third kappa shape index (κ3) is 4.34. The average Bonchev–Trinajstić information content (AvgIpc) is 2.50. The van der Waals surface area contributed by atoms with E-state index in [1.54, 1.807) is 0 Å². The van der Waals surface area contributed by atoms with Crippen molar-refractivity contribution in [2.45, 2.75) is 38.3 Å². The molecule has 78 valence electrons. The summed E-state index contributed by atoms with van der Waals surface area (Å²) in [6.45, 7) is 4.77. The number of nitrogens with zero attached hydrogens (tertiary/aromatic N) is 1. The molecule has 1 heterocycles. The zero-order valence-corrected chi connectivity index (χ0v) is 9.73. The summed E-state index contributed by atoms with van der Waals surface area (Å²) in [4.78, 5) is 2.39. The Morgan fingerprint density at radius 3 is 2.69 bits per heavy atom. The summed E-state index contributed by atoms with van der Waals surface area (Å²) in [5, 5.41) is 9.58. The summed E-state index contributed by atoms with van der Waals surface area (Å²) in [5.41, 5.74) is -0.514. The van der Waals surface area contributed by atoms with Crippen molar-refractivity contribution in [1.82, 2.24) is 4.90 Å². The fourth-order valence-electron chi connectivity index (χ4n) is 1.50. The lowest BCUT2D eigenvalue weighted by molar-refractivity contribution is 0.0569. The Labute approximate surface area is 85.7 Å². The molecular weight excluding hydrogens is 182 g/mol. The summed E-state index contributed by atoms with van der Waals surface area (Å²) in [6, 6.07) is 0.743. The van der Waals surface area contributed by atoms with Gasteiger partial charge in [-0.05, 0) is 39.5 Å². The van der Waals surface area contributed by atoms with E-state index in [9.17, 15) is 5.11 Å². The maximum Gasteiger partial charge on any atom is 0.0603 e. The number of hydrogen-bond donors (Lipinski definition) is 1. The largest absolute Gasteiger partial charge is 0.390 e. The summed E-state index contributed by atoms with van der Waals surface area (Å²) in [6.07, 6.45) is 2.18. The van der Waals surface area contributed by atoms with E-state index >= 15 is 0 Å². The molecule has 1 unspecified atom stereocenters. The molecule has 1 saturated heterocycles. The minimum Gasteiger partial charge on any atom is -0.390 e. The molecule has 0 amide bonds. The molecule has 0 aromatic carbocycles. The first-order valence-electron chi connectivity index (χ1n) is 4.99. The SMILES string of the molecule is CN(CCC(C)(C)O)C1CCSC1. The van der Waals surface area contributed by atoms with Gasteiger partial charge < -0.3 is 10.0 Å². The maximum absolute atomic E-state index is 9.58. The lowest BCUT2D eigenvalue weighted by Gasteiger charge is -2.26. The Morgan fingerprint density at radius 2 is 2.23 bits per heavy atom. The van der Waals surface area contributed by atoms with E-state index in [1.807, 2.05) is 25.6 Å². The standard InChI is InChI=1S/C10H21NOS/c1-10(2,12)5-6-11(3)9-4-7-13-8-9/h9,12H,4-8H2,1-3H3. The van der Waals surface area contributed by atoms with Gasteiger partial charge >= 0.3 is 0 Å². The number of hydrogen-bond acceptors (Lipinski definition) is 3. The van der Waals surface area contributed by atoms with Crippen LogP contribution in [0.15, 0.2) is 0 Å². The molecular formula is C10H21NOS. The van der Waals surface area contributed by atoms with E-state index in [0.29, 0.717) is 0 Å². The molecule has 1 aliphatic rings. The topological polar surface area (TPSA) is 23.5 Å². The molecule has 0 radical (unpaired) electrons. The van der Waals surface area contributed by atoms with Crippen LogP contribution < -0.4 is 0 Å². The minimum absolute atomic E-state index is 0.514. The lowest BCUT2D eigenvalue weighted by Crippen LogP contribution is -2.35. The number of rotatable bonds is 4. The molecule has 1 aliphatic heterocycles. The lowest BCUT2D eigenvalue weighted by atomic mass is 10.1. The van der Waals surface area contributed by atoms with Crippen LogP contribution in [0.5, 0.6) is 0 Å². The van der Waals surface area contributed by atoms with E-state index in [0.717, 1.165) is 19.0 Å². The van der Waals surface area contributed by atoms with Crippen molar-refractivity contribution in [1.29, 1.82) is 0 Å². The fraction of sp³-hybridized carbons (Fsp3) is 1.00. The Morgan fingerprint density at radius 1 is 1.54 bits per heavy atom. The van der Waals surface area contributed by atoms with Crippen molar-refractivity contribution in [2.75, 3.05) is 25.1 Å². The number of aliphatic hydroxyl groups is 1. The van der Waals surface area contributed by atoms with Crippen LogP contribution in [0, 0.1) is 0 Å². The first-order valence-corrected chi connectivity index (χ1v) is 6.15. The molecule has 1 N–H and O–H groups in total. The molecule has 0 aliphatic carbocycles. The average molecular weight is 203 g/mol. The van der Waals surface area contributed by atoms with Gasteiger partial charge in [0.1, 0.15) is 0 Å². The first-order chi connectivity index (χ1) is 5.99. The quantitative estimate of drug-likeness (QED) is 0.750. The van der Waals surface area contributed by atoms with Crippen molar-refractivity contribution < 1.29 is 5.11 Å². The third-order valence-electron chi connectivity index (χ3n) is 2.61. The summed E-state index contributed by atoms with van der Waals surface area (Å²) in [5.74, 6) is 2.57. The van der Waals surface area contributed by atoms with Crippen LogP contribution in [0.3, 0.4) is 0 Å². The summed E-state index contributed by atoms with van der Waals surface area (Å²) >= 11 is 2.04. The van der Waals surface area contributed by atoms with Gasteiger partial charge in [0.2, 0.25) is 0 Å². The highest BCUT2D eigenvalue weighted by atomic mass is 32.2. The van der Waals surface area contributed by atoms with E-state index in [2.05, 4.69) is 11.9 Å². The van der Waals surface area contributed by atoms with Crippen LogP contribution in [-0.4, -0.2) is 46.7 Å². The Hall–Kier alpha value is 0.270. The molecule has 0 saturated carbocycles. The highest BCUT2D eigenvalue weighted by Crippen LogP contribution is 2.22. The fourth-order valence-corrected chi connectivity index (χ4v) is 2.80. The van der Waals surface area contributed by atoms with Crippen LogP contribution in [0.25, 0.3) is 0 Å². The van der Waals surface area contributed by atoms with E-state index < -0.39 is 5.60 Å². The molecule has 0 aromatic rings. The second-order valence-electron chi connectivity index (χ2n) is 4.56. The zero-order valence-electron chi connectivity index (χ0n) is 8.92. The van der Waals surface area contributed by atoms with Gasteiger partial charge in [-0.15, -0.1) is 0 Å². The molecule has 0 aromatic heterocycles. The second-order valence-corrected chi connectivity index (χ2v) is 5.71. The van der Waals surface area contributed by atoms with Crippen LogP contribution in [-0.2, 0) is 0 Å². The Balaban J connectivity index is 2.20. The highest BCUT2D eigenvalue weighted by molar-refractivity contribution is 7.99. The van der Waals surface area contributed by atoms with Crippen molar-refractivity contribution in [3.05, 3.63) is 0 Å².